The number of thioether (sulfide) groups is 2. The van der Waals surface area contributed by atoms with Gasteiger partial charge in [0.2, 0.25) is 0 Å². The summed E-state index contributed by atoms with van der Waals surface area (Å²) in [5.74, 6) is 2.82. The number of aromatic nitrogens is 2. The third kappa shape index (κ3) is 5.53. The second-order valence-electron chi connectivity index (χ2n) is 4.42. The minimum Gasteiger partial charge on any atom is -0.292 e. The molecule has 1 heterocycles. The molecule has 0 aliphatic heterocycles. The lowest BCUT2D eigenvalue weighted by Gasteiger charge is -2.10. The summed E-state index contributed by atoms with van der Waals surface area (Å²) in [7, 11) is 0. The Kier molecular flexibility index (Phi) is 7.46. The molecule has 0 radical (unpaired) electrons. The van der Waals surface area contributed by atoms with Crippen molar-refractivity contribution in [2.45, 2.75) is 50.9 Å². The van der Waals surface area contributed by atoms with Gasteiger partial charge in [-0.3, -0.25) is 9.78 Å². The highest BCUT2D eigenvalue weighted by Crippen LogP contribution is 2.21. The van der Waals surface area contributed by atoms with Crippen molar-refractivity contribution in [3.05, 3.63) is 23.3 Å². The maximum Gasteiger partial charge on any atom is 0.182 e. The fourth-order valence-electron chi connectivity index (χ4n) is 1.45. The van der Waals surface area contributed by atoms with Crippen molar-refractivity contribution in [2.75, 3.05) is 5.75 Å². The van der Waals surface area contributed by atoms with E-state index in [1.165, 1.54) is 0 Å². The summed E-state index contributed by atoms with van der Waals surface area (Å²) in [5, 5.41) is 0.574. The van der Waals surface area contributed by atoms with Crippen LogP contribution in [-0.4, -0.2) is 26.8 Å². The first-order valence-electron chi connectivity index (χ1n) is 6.65. The van der Waals surface area contributed by atoms with Crippen LogP contribution >= 0.6 is 23.5 Å². The maximum absolute atomic E-state index is 11.7. The number of carbonyl (C=O) groups is 1. The van der Waals surface area contributed by atoms with Crippen molar-refractivity contribution in [2.24, 2.45) is 0 Å². The molecule has 0 spiro atoms. The van der Waals surface area contributed by atoms with Gasteiger partial charge >= 0.3 is 0 Å². The van der Waals surface area contributed by atoms with Crippen molar-refractivity contribution in [1.82, 2.24) is 9.97 Å². The third-order valence-electron chi connectivity index (χ3n) is 2.53. The van der Waals surface area contributed by atoms with Gasteiger partial charge in [0.1, 0.15) is 5.69 Å². The minimum absolute atomic E-state index is 0.0679. The summed E-state index contributed by atoms with van der Waals surface area (Å²) in [6.45, 7) is 8.33. The Hall–Kier alpha value is -0.550. The normalized spacial score (nSPS) is 11.0. The van der Waals surface area contributed by atoms with Crippen molar-refractivity contribution >= 4 is 29.3 Å². The Bertz CT molecular complexity index is 422. The predicted molar refractivity (Wildman–Crippen MR) is 84.9 cm³/mol. The number of nitrogens with zero attached hydrogens (tertiary/aromatic N) is 2. The minimum atomic E-state index is 0.0679. The van der Waals surface area contributed by atoms with Crippen LogP contribution in [-0.2, 0) is 11.5 Å². The lowest BCUT2D eigenvalue weighted by atomic mass is 10.2. The molecule has 19 heavy (non-hydrogen) atoms. The van der Waals surface area contributed by atoms with Crippen molar-refractivity contribution < 1.29 is 4.79 Å². The first-order chi connectivity index (χ1) is 9.08. The van der Waals surface area contributed by atoms with Gasteiger partial charge in [0, 0.05) is 17.9 Å². The zero-order valence-corrected chi connectivity index (χ0v) is 13.7. The lowest BCUT2D eigenvalue weighted by molar-refractivity contribution is 0.0982. The molecule has 3 nitrogen and oxygen atoms in total. The number of carbonyl (C=O) groups excluding carboxylic acids is 1. The molecule has 0 unspecified atom stereocenters. The van der Waals surface area contributed by atoms with Crippen LogP contribution in [0.2, 0.25) is 0 Å². The molecular formula is C14H22N2OS2. The molecule has 5 heteroatoms. The second kappa shape index (κ2) is 8.59. The Morgan fingerprint density at radius 3 is 2.58 bits per heavy atom. The summed E-state index contributed by atoms with van der Waals surface area (Å²) >= 11 is 3.67. The summed E-state index contributed by atoms with van der Waals surface area (Å²) < 4.78 is 0. The van der Waals surface area contributed by atoms with Gasteiger partial charge in [-0.15, -0.1) is 0 Å². The maximum atomic E-state index is 11.7. The molecule has 106 valence electrons. The monoisotopic (exact) mass is 298 g/mol. The average Bonchev–Trinajstić information content (AvgIpc) is 2.42. The van der Waals surface area contributed by atoms with Crippen LogP contribution in [0.5, 0.6) is 0 Å². The lowest BCUT2D eigenvalue weighted by Crippen LogP contribution is -2.08. The Morgan fingerprint density at radius 2 is 2.00 bits per heavy atom. The second-order valence-corrected chi connectivity index (χ2v) is 7.26. The van der Waals surface area contributed by atoms with E-state index >= 15 is 0 Å². The highest BCUT2D eigenvalue weighted by atomic mass is 32.2. The van der Waals surface area contributed by atoms with Crippen molar-refractivity contribution in [3.63, 3.8) is 0 Å². The topological polar surface area (TPSA) is 42.9 Å². The molecule has 0 N–H and O–H groups in total. The average molecular weight is 298 g/mol. The standard InChI is InChI=1S/C14H22N2OS2/c1-5-14(17)11-7-15-12(9-19-10(3)4)13(16-11)8-18-6-2/h7,10H,5-6,8-9H2,1-4H3. The van der Waals surface area contributed by atoms with Gasteiger partial charge < -0.3 is 0 Å². The van der Waals surface area contributed by atoms with Gasteiger partial charge in [0.15, 0.2) is 5.78 Å². The first kappa shape index (κ1) is 16.5. The van der Waals surface area contributed by atoms with E-state index in [0.717, 1.165) is 28.6 Å². The zero-order chi connectivity index (χ0) is 14.3. The molecule has 0 aliphatic rings. The summed E-state index contributed by atoms with van der Waals surface area (Å²) in [5.41, 5.74) is 2.50. The van der Waals surface area contributed by atoms with E-state index in [-0.39, 0.29) is 5.78 Å². The fourth-order valence-corrected chi connectivity index (χ4v) is 2.81. The summed E-state index contributed by atoms with van der Waals surface area (Å²) in [6.07, 6.45) is 2.11. The van der Waals surface area contributed by atoms with E-state index in [1.54, 1.807) is 6.20 Å². The first-order valence-corrected chi connectivity index (χ1v) is 8.86. The number of Topliss-reactive ketones (excluding diaryl/α,β-unsaturated/α-hetero) is 1. The SMILES string of the molecule is CCSCc1nc(C(=O)CC)cnc1CSC(C)C. The van der Waals surface area contributed by atoms with E-state index in [4.69, 9.17) is 0 Å². The molecule has 0 atom stereocenters. The van der Waals surface area contributed by atoms with E-state index in [2.05, 4.69) is 30.7 Å². The van der Waals surface area contributed by atoms with Crippen LogP contribution in [0.4, 0.5) is 0 Å². The van der Waals surface area contributed by atoms with Crippen LogP contribution < -0.4 is 0 Å². The predicted octanol–water partition coefficient (Wildman–Crippen LogP) is 3.96. The van der Waals surface area contributed by atoms with Crippen LogP contribution in [0.1, 0.15) is 56.0 Å². The van der Waals surface area contributed by atoms with Gasteiger partial charge in [-0.2, -0.15) is 23.5 Å². The van der Waals surface area contributed by atoms with Crippen LogP contribution in [0.25, 0.3) is 0 Å². The number of rotatable bonds is 8. The molecule has 0 aromatic carbocycles. The molecular weight excluding hydrogens is 276 g/mol. The molecule has 1 aromatic heterocycles. The number of hydrogen-bond donors (Lipinski definition) is 0. The molecule has 1 aromatic rings. The summed E-state index contributed by atoms with van der Waals surface area (Å²) in [6, 6.07) is 0. The summed E-state index contributed by atoms with van der Waals surface area (Å²) in [4.78, 5) is 20.7. The van der Waals surface area contributed by atoms with E-state index < -0.39 is 0 Å². The van der Waals surface area contributed by atoms with E-state index in [0.29, 0.717) is 17.4 Å². The van der Waals surface area contributed by atoms with E-state index in [1.807, 2.05) is 30.4 Å². The van der Waals surface area contributed by atoms with Crippen molar-refractivity contribution in [3.8, 4) is 0 Å². The quantitative estimate of drug-likeness (QED) is 0.679. The Morgan fingerprint density at radius 1 is 1.26 bits per heavy atom. The van der Waals surface area contributed by atoms with Gasteiger partial charge in [-0.1, -0.05) is 27.7 Å². The van der Waals surface area contributed by atoms with Gasteiger partial charge in [-0.25, -0.2) is 4.98 Å². The van der Waals surface area contributed by atoms with Gasteiger partial charge in [0.25, 0.3) is 0 Å². The third-order valence-corrected chi connectivity index (χ3v) is 4.53. The molecule has 1 rings (SSSR count). The Balaban J connectivity index is 2.91. The Labute approximate surface area is 124 Å². The largest absolute Gasteiger partial charge is 0.292 e. The van der Waals surface area contributed by atoms with Crippen molar-refractivity contribution in [1.29, 1.82) is 0 Å². The molecule has 0 bridgehead atoms. The molecule has 0 saturated carbocycles. The molecule has 0 amide bonds. The highest BCUT2D eigenvalue weighted by molar-refractivity contribution is 7.99. The van der Waals surface area contributed by atoms with Crippen LogP contribution in [0.3, 0.4) is 0 Å². The smallest absolute Gasteiger partial charge is 0.182 e. The fraction of sp³-hybridized carbons (Fsp3) is 0.643. The van der Waals surface area contributed by atoms with Gasteiger partial charge in [0.05, 0.1) is 17.6 Å². The number of hydrogen-bond acceptors (Lipinski definition) is 5. The molecule has 0 fully saturated rings. The zero-order valence-electron chi connectivity index (χ0n) is 12.1. The number of ketones is 1. The molecule has 0 saturated heterocycles. The van der Waals surface area contributed by atoms with Crippen LogP contribution in [0.15, 0.2) is 6.20 Å². The van der Waals surface area contributed by atoms with Gasteiger partial charge in [-0.05, 0) is 11.0 Å². The highest BCUT2D eigenvalue weighted by Gasteiger charge is 2.12. The van der Waals surface area contributed by atoms with E-state index in [9.17, 15) is 4.79 Å². The molecule has 0 aliphatic carbocycles. The van der Waals surface area contributed by atoms with Crippen LogP contribution in [0, 0.1) is 0 Å².